The Hall–Kier alpha value is -1.41. The van der Waals surface area contributed by atoms with E-state index < -0.39 is 9.84 Å². The molecule has 140 valence electrons. The number of likely N-dealkylation sites (tertiary alicyclic amines) is 1. The molecule has 3 rings (SSSR count). The minimum Gasteiger partial charge on any atom is -0.356 e. The van der Waals surface area contributed by atoms with Crippen LogP contribution in [0.15, 0.2) is 0 Å². The molecule has 0 saturated carbocycles. The summed E-state index contributed by atoms with van der Waals surface area (Å²) in [5.74, 6) is 0.761. The summed E-state index contributed by atoms with van der Waals surface area (Å²) in [6.07, 6.45) is 3.15. The van der Waals surface area contributed by atoms with E-state index in [0.717, 1.165) is 50.2 Å². The van der Waals surface area contributed by atoms with Crippen LogP contribution in [-0.4, -0.2) is 66.6 Å². The average molecular weight is 369 g/mol. The number of amides is 1. The summed E-state index contributed by atoms with van der Waals surface area (Å²) in [5.41, 5.74) is 3.23. The largest absolute Gasteiger partial charge is 0.356 e. The lowest BCUT2D eigenvalue weighted by atomic mass is 9.94. The van der Waals surface area contributed by atoms with Crippen LogP contribution in [-0.2, 0) is 21.1 Å². The molecule has 1 aromatic rings. The van der Waals surface area contributed by atoms with Crippen molar-refractivity contribution in [1.29, 1.82) is 0 Å². The van der Waals surface area contributed by atoms with Crippen LogP contribution in [0.3, 0.4) is 0 Å². The van der Waals surface area contributed by atoms with Crippen molar-refractivity contribution >= 4 is 15.7 Å². The molecule has 1 amide bonds. The Labute approximate surface area is 149 Å². The van der Waals surface area contributed by atoms with Gasteiger partial charge in [0.25, 0.3) is 0 Å². The van der Waals surface area contributed by atoms with Crippen molar-refractivity contribution < 1.29 is 13.2 Å². The van der Waals surface area contributed by atoms with Crippen molar-refractivity contribution in [1.82, 2.24) is 20.4 Å². The van der Waals surface area contributed by atoms with E-state index in [4.69, 9.17) is 0 Å². The van der Waals surface area contributed by atoms with Crippen molar-refractivity contribution in [2.24, 2.45) is 5.92 Å². The van der Waals surface area contributed by atoms with Gasteiger partial charge in [-0.25, -0.2) is 8.42 Å². The SMILES string of the molecule is Cc1n[nH]c(C)c1CCNC(=O)C1CCN([C@@H]2CCS(=O)(=O)C2)CC1. The third-order valence-corrected chi connectivity index (χ3v) is 7.33. The lowest BCUT2D eigenvalue weighted by Crippen LogP contribution is -2.45. The molecule has 3 heterocycles. The Balaban J connectivity index is 1.41. The predicted molar refractivity (Wildman–Crippen MR) is 96.1 cm³/mol. The quantitative estimate of drug-likeness (QED) is 0.793. The summed E-state index contributed by atoms with van der Waals surface area (Å²) in [6, 6.07) is 0.154. The lowest BCUT2D eigenvalue weighted by molar-refractivity contribution is -0.126. The number of aromatic nitrogens is 2. The van der Waals surface area contributed by atoms with Gasteiger partial charge in [0.05, 0.1) is 17.2 Å². The Kier molecular flexibility index (Phi) is 5.48. The number of piperidine rings is 1. The van der Waals surface area contributed by atoms with E-state index in [0.29, 0.717) is 12.3 Å². The molecule has 0 radical (unpaired) electrons. The molecule has 1 atom stereocenters. The minimum atomic E-state index is -2.84. The van der Waals surface area contributed by atoms with Gasteiger partial charge in [-0.2, -0.15) is 5.10 Å². The standard InChI is InChI=1S/C17H28N4O3S/c1-12-16(13(2)20-19-12)3-7-18-17(22)14-4-8-21(9-5-14)15-6-10-25(23,24)11-15/h14-15H,3-11H2,1-2H3,(H,18,22)(H,19,20)/t15-/m1/s1. The van der Waals surface area contributed by atoms with Crippen LogP contribution in [0.25, 0.3) is 0 Å². The highest BCUT2D eigenvalue weighted by Gasteiger charge is 2.35. The predicted octanol–water partition coefficient (Wildman–Crippen LogP) is 0.584. The van der Waals surface area contributed by atoms with Gasteiger partial charge in [-0.1, -0.05) is 0 Å². The number of nitrogens with zero attached hydrogens (tertiary/aromatic N) is 2. The zero-order valence-corrected chi connectivity index (χ0v) is 15.9. The molecule has 0 bridgehead atoms. The van der Waals surface area contributed by atoms with E-state index in [1.54, 1.807) is 0 Å². The summed E-state index contributed by atoms with van der Waals surface area (Å²) in [7, 11) is -2.84. The fourth-order valence-corrected chi connectivity index (χ4v) is 5.75. The number of H-pyrrole nitrogens is 1. The molecule has 2 aliphatic rings. The number of sulfone groups is 1. The Morgan fingerprint density at radius 1 is 1.28 bits per heavy atom. The summed E-state index contributed by atoms with van der Waals surface area (Å²) < 4.78 is 23.2. The first kappa shape index (κ1) is 18.4. The lowest BCUT2D eigenvalue weighted by Gasteiger charge is -2.34. The molecule has 2 fully saturated rings. The summed E-state index contributed by atoms with van der Waals surface area (Å²) in [5, 5.41) is 10.2. The minimum absolute atomic E-state index is 0.0424. The number of hydrogen-bond donors (Lipinski definition) is 2. The zero-order valence-electron chi connectivity index (χ0n) is 15.0. The highest BCUT2D eigenvalue weighted by molar-refractivity contribution is 7.91. The number of aryl methyl sites for hydroxylation is 2. The van der Waals surface area contributed by atoms with Gasteiger partial charge in [-0.3, -0.25) is 14.8 Å². The maximum atomic E-state index is 12.4. The third-order valence-electron chi connectivity index (χ3n) is 5.58. The number of rotatable bonds is 5. The molecule has 7 nitrogen and oxygen atoms in total. The summed E-state index contributed by atoms with van der Waals surface area (Å²) in [6.45, 7) is 6.23. The molecule has 0 unspecified atom stereocenters. The molecule has 2 saturated heterocycles. The Morgan fingerprint density at radius 2 is 2.00 bits per heavy atom. The van der Waals surface area contributed by atoms with Crippen LogP contribution in [0.4, 0.5) is 0 Å². The molecule has 8 heteroatoms. The number of carbonyl (C=O) groups excluding carboxylic acids is 1. The van der Waals surface area contributed by atoms with Gasteiger partial charge in [-0.15, -0.1) is 0 Å². The smallest absolute Gasteiger partial charge is 0.223 e. The molecule has 2 aliphatic heterocycles. The van der Waals surface area contributed by atoms with Crippen molar-refractivity contribution in [2.45, 2.75) is 45.6 Å². The summed E-state index contributed by atoms with van der Waals surface area (Å²) in [4.78, 5) is 14.6. The maximum Gasteiger partial charge on any atom is 0.223 e. The Bertz CT molecular complexity index is 701. The van der Waals surface area contributed by atoms with Crippen LogP contribution < -0.4 is 5.32 Å². The van der Waals surface area contributed by atoms with E-state index >= 15 is 0 Å². The first-order valence-corrected chi connectivity index (χ1v) is 10.9. The van der Waals surface area contributed by atoms with Crippen molar-refractivity contribution in [3.63, 3.8) is 0 Å². The summed E-state index contributed by atoms with van der Waals surface area (Å²) >= 11 is 0. The first-order valence-electron chi connectivity index (χ1n) is 9.08. The normalized spacial score (nSPS) is 24.5. The van der Waals surface area contributed by atoms with Crippen molar-refractivity contribution in [2.75, 3.05) is 31.1 Å². The van der Waals surface area contributed by atoms with Crippen LogP contribution in [0.2, 0.25) is 0 Å². The Morgan fingerprint density at radius 3 is 2.56 bits per heavy atom. The maximum absolute atomic E-state index is 12.4. The molecule has 1 aromatic heterocycles. The monoisotopic (exact) mass is 368 g/mol. The van der Waals surface area contributed by atoms with Crippen LogP contribution >= 0.6 is 0 Å². The van der Waals surface area contributed by atoms with Gasteiger partial charge in [0.2, 0.25) is 5.91 Å². The molecule has 0 aliphatic carbocycles. The van der Waals surface area contributed by atoms with Crippen LogP contribution in [0.5, 0.6) is 0 Å². The third kappa shape index (κ3) is 4.41. The van der Waals surface area contributed by atoms with Gasteiger partial charge < -0.3 is 5.32 Å². The van der Waals surface area contributed by atoms with E-state index in [9.17, 15) is 13.2 Å². The molecule has 25 heavy (non-hydrogen) atoms. The van der Waals surface area contributed by atoms with Crippen molar-refractivity contribution in [3.05, 3.63) is 17.0 Å². The van der Waals surface area contributed by atoms with E-state index in [1.165, 1.54) is 5.56 Å². The number of hydrogen-bond acceptors (Lipinski definition) is 5. The average Bonchev–Trinajstić information content (AvgIpc) is 3.10. The zero-order chi connectivity index (χ0) is 18.0. The molecular weight excluding hydrogens is 340 g/mol. The van der Waals surface area contributed by atoms with E-state index in [1.807, 2.05) is 13.8 Å². The van der Waals surface area contributed by atoms with E-state index in [2.05, 4.69) is 20.4 Å². The highest BCUT2D eigenvalue weighted by Crippen LogP contribution is 2.24. The second-order valence-corrected chi connectivity index (χ2v) is 9.55. The number of carbonyl (C=O) groups is 1. The molecule has 0 spiro atoms. The molecular formula is C17H28N4O3S. The van der Waals surface area contributed by atoms with Gasteiger partial charge in [0.1, 0.15) is 0 Å². The van der Waals surface area contributed by atoms with Crippen molar-refractivity contribution in [3.8, 4) is 0 Å². The molecule has 0 aromatic carbocycles. The second kappa shape index (κ2) is 7.45. The van der Waals surface area contributed by atoms with Crippen LogP contribution in [0.1, 0.15) is 36.2 Å². The second-order valence-electron chi connectivity index (χ2n) is 7.32. The van der Waals surface area contributed by atoms with Crippen LogP contribution in [0, 0.1) is 19.8 Å². The fraction of sp³-hybridized carbons (Fsp3) is 0.765. The van der Waals surface area contributed by atoms with Gasteiger partial charge in [0.15, 0.2) is 9.84 Å². The van der Waals surface area contributed by atoms with Gasteiger partial charge in [-0.05, 0) is 58.2 Å². The van der Waals surface area contributed by atoms with E-state index in [-0.39, 0.29) is 23.6 Å². The first-order chi connectivity index (χ1) is 11.9. The number of nitrogens with one attached hydrogen (secondary N) is 2. The molecule has 2 N–H and O–H groups in total. The van der Waals surface area contributed by atoms with Gasteiger partial charge in [0, 0.05) is 24.2 Å². The highest BCUT2D eigenvalue weighted by atomic mass is 32.2. The number of aromatic amines is 1. The topological polar surface area (TPSA) is 95.2 Å². The van der Waals surface area contributed by atoms with Gasteiger partial charge >= 0.3 is 0 Å². The fourth-order valence-electron chi connectivity index (χ4n) is 3.99.